The summed E-state index contributed by atoms with van der Waals surface area (Å²) in [5.74, 6) is 1.06. The summed E-state index contributed by atoms with van der Waals surface area (Å²) in [4.78, 5) is 0. The smallest absolute Gasteiger partial charge is 0.151 e. The molecular weight excluding hydrogens is 316 g/mol. The number of hydrogen-bond acceptors (Lipinski definition) is 3. The Bertz CT molecular complexity index is 637. The lowest BCUT2D eigenvalue weighted by molar-refractivity contribution is 0.484. The van der Waals surface area contributed by atoms with E-state index in [1.165, 1.54) is 0 Å². The van der Waals surface area contributed by atoms with Crippen LogP contribution in [-0.2, 0) is 0 Å². The average molecular weight is 324 g/mol. The number of nitrogen functional groups attached to an aromatic ring is 1. The Hall–Kier alpha value is -1.70. The zero-order valence-corrected chi connectivity index (χ0v) is 11.5. The number of nitrogens with zero attached hydrogens (tertiary/aromatic N) is 1. The third-order valence-corrected chi connectivity index (χ3v) is 3.16. The van der Waals surface area contributed by atoms with Crippen LogP contribution in [0.25, 0.3) is 0 Å². The van der Waals surface area contributed by atoms with Crippen molar-refractivity contribution in [3.05, 3.63) is 51.5 Å². The van der Waals surface area contributed by atoms with E-state index < -0.39 is 0 Å². The number of nitrogens with two attached hydrogens (primary N) is 1. The molecule has 0 aromatic heterocycles. The number of benzene rings is 2. The predicted molar refractivity (Wildman–Crippen MR) is 74.8 cm³/mol. The van der Waals surface area contributed by atoms with Crippen LogP contribution < -0.4 is 10.5 Å². The Morgan fingerprint density at radius 1 is 1.22 bits per heavy atom. The van der Waals surface area contributed by atoms with E-state index in [1.807, 2.05) is 0 Å². The first-order valence-corrected chi connectivity index (χ1v) is 6.20. The number of nitriles is 1. The fraction of sp³-hybridized carbons (Fsp3) is 0. The first-order valence-electron chi connectivity index (χ1n) is 5.02. The van der Waals surface area contributed by atoms with Crippen LogP contribution >= 0.6 is 27.5 Å². The summed E-state index contributed by atoms with van der Waals surface area (Å²) in [6.45, 7) is 0. The molecule has 3 nitrogen and oxygen atoms in total. The molecule has 0 saturated heterocycles. The molecule has 0 aliphatic heterocycles. The molecular formula is C13H8BrClN2O. The SMILES string of the molecule is N#Cc1ccc(Oc2cc(Cl)ccc2N)cc1Br. The van der Waals surface area contributed by atoms with E-state index in [9.17, 15) is 0 Å². The van der Waals surface area contributed by atoms with Crippen LogP contribution in [0.15, 0.2) is 40.9 Å². The van der Waals surface area contributed by atoms with Crippen molar-refractivity contribution < 1.29 is 4.74 Å². The molecule has 0 heterocycles. The Balaban J connectivity index is 2.32. The number of ether oxygens (including phenoxy) is 1. The molecule has 0 saturated carbocycles. The van der Waals surface area contributed by atoms with E-state index in [1.54, 1.807) is 36.4 Å². The van der Waals surface area contributed by atoms with Gasteiger partial charge in [0, 0.05) is 15.6 Å². The minimum atomic E-state index is 0.485. The zero-order valence-electron chi connectivity index (χ0n) is 9.15. The van der Waals surface area contributed by atoms with E-state index in [-0.39, 0.29) is 0 Å². The Labute approximate surface area is 118 Å². The highest BCUT2D eigenvalue weighted by atomic mass is 79.9. The number of hydrogen-bond donors (Lipinski definition) is 1. The minimum Gasteiger partial charge on any atom is -0.455 e. The number of rotatable bonds is 2. The van der Waals surface area contributed by atoms with Gasteiger partial charge in [0.1, 0.15) is 11.8 Å². The van der Waals surface area contributed by atoms with Crippen LogP contribution in [0.5, 0.6) is 11.5 Å². The highest BCUT2D eigenvalue weighted by molar-refractivity contribution is 9.10. The fourth-order valence-electron chi connectivity index (χ4n) is 1.37. The molecule has 0 fully saturated rings. The predicted octanol–water partition coefficient (Wildman–Crippen LogP) is 4.35. The first kappa shape index (κ1) is 12.7. The summed E-state index contributed by atoms with van der Waals surface area (Å²) in [5.41, 5.74) is 6.83. The van der Waals surface area contributed by atoms with Gasteiger partial charge in [-0.3, -0.25) is 0 Å². The van der Waals surface area contributed by atoms with Crippen LogP contribution in [0.4, 0.5) is 5.69 Å². The van der Waals surface area contributed by atoms with E-state index in [0.717, 1.165) is 0 Å². The van der Waals surface area contributed by atoms with E-state index in [0.29, 0.717) is 32.2 Å². The van der Waals surface area contributed by atoms with Gasteiger partial charge >= 0.3 is 0 Å². The molecule has 0 aliphatic carbocycles. The van der Waals surface area contributed by atoms with Crippen LogP contribution in [-0.4, -0.2) is 0 Å². The van der Waals surface area contributed by atoms with Gasteiger partial charge in [-0.1, -0.05) is 11.6 Å². The van der Waals surface area contributed by atoms with Gasteiger partial charge in [-0.15, -0.1) is 0 Å². The summed E-state index contributed by atoms with van der Waals surface area (Å²) in [5, 5.41) is 9.37. The van der Waals surface area contributed by atoms with Gasteiger partial charge in [0.15, 0.2) is 5.75 Å². The average Bonchev–Trinajstić information content (AvgIpc) is 2.34. The lowest BCUT2D eigenvalue weighted by Crippen LogP contribution is -1.92. The van der Waals surface area contributed by atoms with Crippen molar-refractivity contribution in [2.24, 2.45) is 0 Å². The summed E-state index contributed by atoms with van der Waals surface area (Å²) in [6, 6.07) is 12.1. The van der Waals surface area contributed by atoms with E-state index in [2.05, 4.69) is 22.0 Å². The van der Waals surface area contributed by atoms with Gasteiger partial charge in [-0.05, 0) is 46.3 Å². The maximum Gasteiger partial charge on any atom is 0.151 e. The number of halogens is 2. The molecule has 2 rings (SSSR count). The lowest BCUT2D eigenvalue weighted by atomic mass is 10.2. The van der Waals surface area contributed by atoms with Gasteiger partial charge < -0.3 is 10.5 Å². The normalized spacial score (nSPS) is 9.83. The molecule has 0 radical (unpaired) electrons. The molecule has 2 aromatic rings. The van der Waals surface area contributed by atoms with E-state index in [4.69, 9.17) is 27.3 Å². The van der Waals surface area contributed by atoms with Crippen molar-refractivity contribution in [2.75, 3.05) is 5.73 Å². The molecule has 18 heavy (non-hydrogen) atoms. The Morgan fingerprint density at radius 2 is 2.00 bits per heavy atom. The van der Waals surface area contributed by atoms with Gasteiger partial charge in [0.05, 0.1) is 11.3 Å². The molecule has 0 spiro atoms. The molecule has 90 valence electrons. The van der Waals surface area contributed by atoms with Gasteiger partial charge in [0.25, 0.3) is 0 Å². The molecule has 5 heteroatoms. The molecule has 0 bridgehead atoms. The molecule has 0 unspecified atom stereocenters. The standard InChI is InChI=1S/C13H8BrClN2O/c14-11-6-10(3-1-8(11)7-16)18-13-5-9(15)2-4-12(13)17/h1-6H,17H2. The van der Waals surface area contributed by atoms with Gasteiger partial charge in [0.2, 0.25) is 0 Å². The third kappa shape index (κ3) is 2.76. The van der Waals surface area contributed by atoms with Crippen molar-refractivity contribution in [1.29, 1.82) is 5.26 Å². The maximum atomic E-state index is 8.82. The second kappa shape index (κ2) is 5.30. The van der Waals surface area contributed by atoms with Gasteiger partial charge in [-0.2, -0.15) is 5.26 Å². The maximum absolute atomic E-state index is 8.82. The second-order valence-corrected chi connectivity index (χ2v) is 4.83. The van der Waals surface area contributed by atoms with Crippen molar-refractivity contribution in [3.63, 3.8) is 0 Å². The monoisotopic (exact) mass is 322 g/mol. The van der Waals surface area contributed by atoms with Crippen LogP contribution in [0.2, 0.25) is 5.02 Å². The van der Waals surface area contributed by atoms with Gasteiger partial charge in [-0.25, -0.2) is 0 Å². The van der Waals surface area contributed by atoms with Crippen molar-refractivity contribution >= 4 is 33.2 Å². The highest BCUT2D eigenvalue weighted by Crippen LogP contribution is 2.32. The quantitative estimate of drug-likeness (QED) is 0.836. The lowest BCUT2D eigenvalue weighted by Gasteiger charge is -2.09. The molecule has 2 N–H and O–H groups in total. The molecule has 0 amide bonds. The van der Waals surface area contributed by atoms with Crippen LogP contribution in [0.3, 0.4) is 0 Å². The summed E-state index contributed by atoms with van der Waals surface area (Å²) >= 11 is 9.17. The van der Waals surface area contributed by atoms with Crippen molar-refractivity contribution in [1.82, 2.24) is 0 Å². The molecule has 2 aromatic carbocycles. The Kier molecular flexibility index (Phi) is 3.75. The van der Waals surface area contributed by atoms with E-state index >= 15 is 0 Å². The second-order valence-electron chi connectivity index (χ2n) is 3.54. The van der Waals surface area contributed by atoms with Crippen molar-refractivity contribution in [2.45, 2.75) is 0 Å². The Morgan fingerprint density at radius 3 is 2.67 bits per heavy atom. The third-order valence-electron chi connectivity index (χ3n) is 2.26. The first-order chi connectivity index (χ1) is 8.60. The van der Waals surface area contributed by atoms with Crippen molar-refractivity contribution in [3.8, 4) is 17.6 Å². The summed E-state index contributed by atoms with van der Waals surface area (Å²) in [7, 11) is 0. The molecule has 0 atom stereocenters. The van der Waals surface area contributed by atoms with Crippen LogP contribution in [0.1, 0.15) is 5.56 Å². The zero-order chi connectivity index (χ0) is 13.1. The van der Waals surface area contributed by atoms with Crippen LogP contribution in [0, 0.1) is 11.3 Å². The minimum absolute atomic E-state index is 0.485. The summed E-state index contributed by atoms with van der Waals surface area (Å²) < 4.78 is 6.29. The largest absolute Gasteiger partial charge is 0.455 e. The fourth-order valence-corrected chi connectivity index (χ4v) is 1.98. The molecule has 0 aliphatic rings. The topological polar surface area (TPSA) is 59.0 Å². The summed E-state index contributed by atoms with van der Waals surface area (Å²) in [6.07, 6.45) is 0. The number of anilines is 1. The highest BCUT2D eigenvalue weighted by Gasteiger charge is 2.06.